The summed E-state index contributed by atoms with van der Waals surface area (Å²) in [7, 11) is 0. The van der Waals surface area contributed by atoms with E-state index in [2.05, 4.69) is 5.32 Å². The molecule has 2 aromatic rings. The fraction of sp³-hybridized carbons (Fsp3) is 0.350. The van der Waals surface area contributed by atoms with Crippen LogP contribution in [0.4, 0.5) is 0 Å². The Morgan fingerprint density at radius 3 is 2.62 bits per heavy atom. The first-order chi connectivity index (χ1) is 11.7. The second kappa shape index (κ2) is 9.73. The average Bonchev–Trinajstić information content (AvgIpc) is 2.60. The standard InChI is InChI=1S/C20H25NO3/c1-3-19(24-18-11-7-8-16(2)14-18)20(22)21-12-13-23-15-17-9-5-4-6-10-17/h4-11,14,19H,3,12-13,15H2,1-2H3,(H,21,22)/t19-/m1/s1. The molecule has 1 N–H and O–H groups in total. The zero-order valence-corrected chi connectivity index (χ0v) is 14.3. The van der Waals surface area contributed by atoms with E-state index in [1.807, 2.05) is 68.4 Å². The maximum Gasteiger partial charge on any atom is 0.261 e. The van der Waals surface area contributed by atoms with Gasteiger partial charge in [0, 0.05) is 6.54 Å². The topological polar surface area (TPSA) is 47.6 Å². The molecule has 128 valence electrons. The van der Waals surface area contributed by atoms with E-state index >= 15 is 0 Å². The number of carbonyl (C=O) groups excluding carboxylic acids is 1. The van der Waals surface area contributed by atoms with E-state index in [0.29, 0.717) is 26.2 Å². The molecule has 0 bridgehead atoms. The van der Waals surface area contributed by atoms with E-state index in [-0.39, 0.29) is 5.91 Å². The molecule has 0 aromatic heterocycles. The summed E-state index contributed by atoms with van der Waals surface area (Å²) in [6.45, 7) is 5.43. The minimum Gasteiger partial charge on any atom is -0.481 e. The zero-order valence-electron chi connectivity index (χ0n) is 14.3. The molecular formula is C20H25NO3. The molecule has 4 nitrogen and oxygen atoms in total. The van der Waals surface area contributed by atoms with Crippen LogP contribution in [-0.2, 0) is 16.1 Å². The van der Waals surface area contributed by atoms with E-state index in [9.17, 15) is 4.79 Å². The van der Waals surface area contributed by atoms with Crippen LogP contribution in [0.15, 0.2) is 54.6 Å². The minimum atomic E-state index is -0.485. The van der Waals surface area contributed by atoms with Crippen LogP contribution in [0.2, 0.25) is 0 Å². The normalized spacial score (nSPS) is 11.8. The van der Waals surface area contributed by atoms with Crippen molar-refractivity contribution in [1.29, 1.82) is 0 Å². The Morgan fingerprint density at radius 2 is 1.92 bits per heavy atom. The lowest BCUT2D eigenvalue weighted by Gasteiger charge is -2.17. The quantitative estimate of drug-likeness (QED) is 0.717. The van der Waals surface area contributed by atoms with Gasteiger partial charge in [0.25, 0.3) is 5.91 Å². The lowest BCUT2D eigenvalue weighted by Crippen LogP contribution is -2.39. The number of nitrogens with one attached hydrogen (secondary N) is 1. The number of ether oxygens (including phenoxy) is 2. The largest absolute Gasteiger partial charge is 0.481 e. The third-order valence-corrected chi connectivity index (χ3v) is 3.59. The molecule has 0 aliphatic carbocycles. The van der Waals surface area contributed by atoms with Crippen LogP contribution in [0.5, 0.6) is 5.75 Å². The van der Waals surface area contributed by atoms with E-state index in [1.54, 1.807) is 0 Å². The Balaban J connectivity index is 1.70. The summed E-state index contributed by atoms with van der Waals surface area (Å²) < 4.78 is 11.3. The van der Waals surface area contributed by atoms with Gasteiger partial charge in [0.05, 0.1) is 13.2 Å². The summed E-state index contributed by atoms with van der Waals surface area (Å²) in [5.41, 5.74) is 2.23. The van der Waals surface area contributed by atoms with Gasteiger partial charge < -0.3 is 14.8 Å². The maximum atomic E-state index is 12.2. The number of benzene rings is 2. The summed E-state index contributed by atoms with van der Waals surface area (Å²) in [5, 5.41) is 2.87. The molecule has 0 aliphatic rings. The van der Waals surface area contributed by atoms with E-state index in [1.165, 1.54) is 0 Å². The van der Waals surface area contributed by atoms with Gasteiger partial charge in [0.15, 0.2) is 6.10 Å². The van der Waals surface area contributed by atoms with Crippen LogP contribution in [-0.4, -0.2) is 25.2 Å². The van der Waals surface area contributed by atoms with Gasteiger partial charge >= 0.3 is 0 Å². The molecule has 2 rings (SSSR count). The van der Waals surface area contributed by atoms with Gasteiger partial charge in [-0.1, -0.05) is 49.4 Å². The SMILES string of the molecule is CC[C@@H](Oc1cccc(C)c1)C(=O)NCCOCc1ccccc1. The first-order valence-electron chi connectivity index (χ1n) is 8.31. The number of hydrogen-bond donors (Lipinski definition) is 1. The molecule has 0 unspecified atom stereocenters. The van der Waals surface area contributed by atoms with E-state index < -0.39 is 6.10 Å². The fourth-order valence-electron chi connectivity index (χ4n) is 2.30. The summed E-state index contributed by atoms with van der Waals surface area (Å²) >= 11 is 0. The molecule has 0 fully saturated rings. The second-order valence-corrected chi connectivity index (χ2v) is 5.66. The van der Waals surface area contributed by atoms with E-state index in [0.717, 1.165) is 16.9 Å². The summed E-state index contributed by atoms with van der Waals surface area (Å²) in [5.74, 6) is 0.611. The predicted molar refractivity (Wildman–Crippen MR) is 95.0 cm³/mol. The molecule has 0 spiro atoms. The predicted octanol–water partition coefficient (Wildman–Crippen LogP) is 3.49. The average molecular weight is 327 g/mol. The van der Waals surface area contributed by atoms with Crippen LogP contribution in [0, 0.1) is 6.92 Å². The van der Waals surface area contributed by atoms with Crippen molar-refractivity contribution >= 4 is 5.91 Å². The van der Waals surface area contributed by atoms with Crippen LogP contribution >= 0.6 is 0 Å². The molecule has 4 heteroatoms. The monoisotopic (exact) mass is 327 g/mol. The number of aryl methyl sites for hydroxylation is 1. The highest BCUT2D eigenvalue weighted by atomic mass is 16.5. The Bertz CT molecular complexity index is 628. The van der Waals surface area contributed by atoms with Gasteiger partial charge in [-0.05, 0) is 36.6 Å². The Morgan fingerprint density at radius 1 is 1.12 bits per heavy atom. The lowest BCUT2D eigenvalue weighted by molar-refractivity contribution is -0.128. The van der Waals surface area contributed by atoms with Gasteiger partial charge in [-0.15, -0.1) is 0 Å². The smallest absolute Gasteiger partial charge is 0.261 e. The highest BCUT2D eigenvalue weighted by Gasteiger charge is 2.17. The molecule has 0 heterocycles. The van der Waals surface area contributed by atoms with Crippen molar-refractivity contribution in [3.05, 3.63) is 65.7 Å². The van der Waals surface area contributed by atoms with Gasteiger partial charge in [0.1, 0.15) is 5.75 Å². The molecule has 0 radical (unpaired) electrons. The number of amides is 1. The Kier molecular flexibility index (Phi) is 7.30. The molecule has 0 saturated heterocycles. The Hall–Kier alpha value is -2.33. The summed E-state index contributed by atoms with van der Waals surface area (Å²) in [4.78, 5) is 12.2. The third-order valence-electron chi connectivity index (χ3n) is 3.59. The number of carbonyl (C=O) groups is 1. The van der Waals surface area contributed by atoms with E-state index in [4.69, 9.17) is 9.47 Å². The van der Waals surface area contributed by atoms with Gasteiger partial charge in [-0.25, -0.2) is 0 Å². The van der Waals surface area contributed by atoms with Crippen molar-refractivity contribution in [2.75, 3.05) is 13.2 Å². The van der Waals surface area contributed by atoms with Gasteiger partial charge in [0.2, 0.25) is 0 Å². The Labute approximate surface area is 143 Å². The third kappa shape index (κ3) is 6.05. The first-order valence-corrected chi connectivity index (χ1v) is 8.31. The number of hydrogen-bond acceptors (Lipinski definition) is 3. The molecule has 2 aromatic carbocycles. The highest BCUT2D eigenvalue weighted by Crippen LogP contribution is 2.15. The molecular weight excluding hydrogens is 302 g/mol. The first kappa shape index (κ1) is 18.0. The van der Waals surface area contributed by atoms with Gasteiger partial charge in [-0.2, -0.15) is 0 Å². The highest BCUT2D eigenvalue weighted by molar-refractivity contribution is 5.81. The van der Waals surface area contributed by atoms with Crippen molar-refractivity contribution in [3.63, 3.8) is 0 Å². The van der Waals surface area contributed by atoms with Crippen LogP contribution in [0.1, 0.15) is 24.5 Å². The van der Waals surface area contributed by atoms with Crippen molar-refractivity contribution in [2.45, 2.75) is 33.0 Å². The minimum absolute atomic E-state index is 0.109. The molecule has 0 aliphatic heterocycles. The lowest BCUT2D eigenvalue weighted by atomic mass is 10.2. The molecule has 0 saturated carbocycles. The second-order valence-electron chi connectivity index (χ2n) is 5.66. The van der Waals surface area contributed by atoms with Crippen molar-refractivity contribution in [1.82, 2.24) is 5.32 Å². The van der Waals surface area contributed by atoms with Crippen LogP contribution in [0.25, 0.3) is 0 Å². The van der Waals surface area contributed by atoms with Crippen molar-refractivity contribution < 1.29 is 14.3 Å². The fourth-order valence-corrected chi connectivity index (χ4v) is 2.30. The molecule has 24 heavy (non-hydrogen) atoms. The maximum absolute atomic E-state index is 12.2. The molecule has 1 atom stereocenters. The zero-order chi connectivity index (χ0) is 17.2. The number of rotatable bonds is 9. The molecule has 1 amide bonds. The van der Waals surface area contributed by atoms with Crippen molar-refractivity contribution in [2.24, 2.45) is 0 Å². The summed E-state index contributed by atoms with van der Waals surface area (Å²) in [6, 6.07) is 17.7. The van der Waals surface area contributed by atoms with Crippen LogP contribution < -0.4 is 10.1 Å². The van der Waals surface area contributed by atoms with Gasteiger partial charge in [-0.3, -0.25) is 4.79 Å². The summed E-state index contributed by atoms with van der Waals surface area (Å²) in [6.07, 6.45) is 0.130. The van der Waals surface area contributed by atoms with Crippen LogP contribution in [0.3, 0.4) is 0 Å². The van der Waals surface area contributed by atoms with Crippen molar-refractivity contribution in [3.8, 4) is 5.75 Å².